The van der Waals surface area contributed by atoms with Crippen LogP contribution in [-0.4, -0.2) is 32.4 Å². The standard InChI is InChI=1S/C15H25N3O3S/c1-4-22(20)12-7-5-6-11(8-12)16-15(19)17-14-9-13(10(2)3)21-18-14/h9-12H,4-8H2,1-3H3,(H2,16,17,18,19)/t11-,12+,22+/m0/s1. The lowest BCUT2D eigenvalue weighted by Crippen LogP contribution is -2.43. The number of amides is 2. The number of aromatic nitrogens is 1. The van der Waals surface area contributed by atoms with Gasteiger partial charge in [-0.15, -0.1) is 0 Å². The zero-order chi connectivity index (χ0) is 16.1. The van der Waals surface area contributed by atoms with E-state index in [1.54, 1.807) is 6.07 Å². The average molecular weight is 327 g/mol. The van der Waals surface area contributed by atoms with Crippen LogP contribution in [0.3, 0.4) is 0 Å². The molecule has 0 spiro atoms. The first-order chi connectivity index (χ1) is 10.5. The van der Waals surface area contributed by atoms with Gasteiger partial charge in [0.15, 0.2) is 5.82 Å². The molecule has 0 aliphatic heterocycles. The molecule has 7 heteroatoms. The minimum Gasteiger partial charge on any atom is -0.359 e. The number of rotatable bonds is 5. The van der Waals surface area contributed by atoms with Gasteiger partial charge in [-0.05, 0) is 19.3 Å². The lowest BCUT2D eigenvalue weighted by Gasteiger charge is -2.28. The monoisotopic (exact) mass is 327 g/mol. The van der Waals surface area contributed by atoms with Crippen molar-refractivity contribution in [1.29, 1.82) is 0 Å². The van der Waals surface area contributed by atoms with Crippen molar-refractivity contribution in [2.45, 2.75) is 63.7 Å². The van der Waals surface area contributed by atoms with Gasteiger partial charge in [0.05, 0.1) is 0 Å². The molecule has 1 aliphatic rings. The number of carbonyl (C=O) groups is 1. The first-order valence-electron chi connectivity index (χ1n) is 7.90. The summed E-state index contributed by atoms with van der Waals surface area (Å²) in [6, 6.07) is 1.53. The molecule has 2 N–H and O–H groups in total. The van der Waals surface area contributed by atoms with E-state index in [1.165, 1.54) is 0 Å². The maximum atomic E-state index is 12.0. The first-order valence-corrected chi connectivity index (χ1v) is 9.29. The second-order valence-corrected chi connectivity index (χ2v) is 8.03. The quantitative estimate of drug-likeness (QED) is 0.870. The Bertz CT molecular complexity index is 530. The molecule has 3 atom stereocenters. The minimum atomic E-state index is -0.788. The number of hydrogen-bond acceptors (Lipinski definition) is 4. The Kier molecular flexibility index (Phi) is 5.99. The van der Waals surface area contributed by atoms with Crippen LogP contribution in [0.1, 0.15) is 58.1 Å². The molecule has 1 saturated carbocycles. The highest BCUT2D eigenvalue weighted by atomic mass is 32.2. The van der Waals surface area contributed by atoms with Crippen LogP contribution in [0.2, 0.25) is 0 Å². The Balaban J connectivity index is 1.84. The molecule has 2 rings (SSSR count). The summed E-state index contributed by atoms with van der Waals surface area (Å²) in [4.78, 5) is 12.0. The highest BCUT2D eigenvalue weighted by Gasteiger charge is 2.26. The summed E-state index contributed by atoms with van der Waals surface area (Å²) in [7, 11) is -0.788. The molecular weight excluding hydrogens is 302 g/mol. The summed E-state index contributed by atoms with van der Waals surface area (Å²) >= 11 is 0. The van der Waals surface area contributed by atoms with E-state index in [0.717, 1.165) is 31.4 Å². The van der Waals surface area contributed by atoms with Gasteiger partial charge in [0.2, 0.25) is 0 Å². The molecule has 0 aromatic carbocycles. The van der Waals surface area contributed by atoms with Crippen LogP contribution < -0.4 is 10.6 Å². The third-order valence-corrected chi connectivity index (χ3v) is 5.70. The van der Waals surface area contributed by atoms with E-state index in [9.17, 15) is 9.00 Å². The van der Waals surface area contributed by atoms with Crippen molar-refractivity contribution in [2.75, 3.05) is 11.1 Å². The van der Waals surface area contributed by atoms with Crippen molar-refractivity contribution < 1.29 is 13.5 Å². The van der Waals surface area contributed by atoms with Crippen LogP contribution in [0.4, 0.5) is 10.6 Å². The van der Waals surface area contributed by atoms with Gasteiger partial charge in [-0.1, -0.05) is 32.3 Å². The summed E-state index contributed by atoms with van der Waals surface area (Å²) in [6.45, 7) is 5.94. The molecule has 1 aromatic heterocycles. The predicted octanol–water partition coefficient (Wildman–Crippen LogP) is 3.00. The molecule has 124 valence electrons. The highest BCUT2D eigenvalue weighted by molar-refractivity contribution is 7.85. The van der Waals surface area contributed by atoms with Crippen LogP contribution in [0, 0.1) is 0 Å². The minimum absolute atomic E-state index is 0.0747. The van der Waals surface area contributed by atoms with Crippen molar-refractivity contribution in [3.8, 4) is 0 Å². The second kappa shape index (κ2) is 7.76. The van der Waals surface area contributed by atoms with Crippen molar-refractivity contribution in [3.63, 3.8) is 0 Å². The van der Waals surface area contributed by atoms with Gasteiger partial charge in [0, 0.05) is 39.8 Å². The molecule has 0 bridgehead atoms. The number of nitrogens with one attached hydrogen (secondary N) is 2. The van der Waals surface area contributed by atoms with E-state index in [0.29, 0.717) is 11.6 Å². The second-order valence-electron chi connectivity index (χ2n) is 6.02. The molecule has 1 heterocycles. The van der Waals surface area contributed by atoms with E-state index in [2.05, 4.69) is 15.8 Å². The first kappa shape index (κ1) is 17.0. The fraction of sp³-hybridized carbons (Fsp3) is 0.733. The van der Waals surface area contributed by atoms with Gasteiger partial charge < -0.3 is 9.84 Å². The zero-order valence-electron chi connectivity index (χ0n) is 13.4. The van der Waals surface area contributed by atoms with Gasteiger partial charge in [0.1, 0.15) is 5.76 Å². The van der Waals surface area contributed by atoms with E-state index in [4.69, 9.17) is 4.52 Å². The van der Waals surface area contributed by atoms with Gasteiger partial charge in [-0.3, -0.25) is 9.53 Å². The van der Waals surface area contributed by atoms with Crippen LogP contribution >= 0.6 is 0 Å². The number of carbonyl (C=O) groups excluding carboxylic acids is 1. The maximum Gasteiger partial charge on any atom is 0.320 e. The molecule has 22 heavy (non-hydrogen) atoms. The van der Waals surface area contributed by atoms with E-state index >= 15 is 0 Å². The van der Waals surface area contributed by atoms with Gasteiger partial charge >= 0.3 is 6.03 Å². The van der Waals surface area contributed by atoms with Crippen molar-refractivity contribution in [1.82, 2.24) is 10.5 Å². The molecule has 0 radical (unpaired) electrons. The van der Waals surface area contributed by atoms with E-state index in [1.807, 2.05) is 20.8 Å². The Hall–Kier alpha value is -1.37. The van der Waals surface area contributed by atoms with Crippen LogP contribution in [-0.2, 0) is 10.8 Å². The molecule has 1 fully saturated rings. The lowest BCUT2D eigenvalue weighted by molar-refractivity contribution is 0.244. The Morgan fingerprint density at radius 1 is 1.50 bits per heavy atom. The summed E-state index contributed by atoms with van der Waals surface area (Å²) in [5.74, 6) is 2.08. The molecule has 2 amide bonds. The third-order valence-electron chi connectivity index (χ3n) is 3.96. The molecule has 1 aromatic rings. The molecule has 1 aliphatic carbocycles. The Labute approximate surface area is 133 Å². The van der Waals surface area contributed by atoms with Gasteiger partial charge in [-0.2, -0.15) is 0 Å². The summed E-state index contributed by atoms with van der Waals surface area (Å²) in [5.41, 5.74) is 0. The molecule has 0 saturated heterocycles. The zero-order valence-corrected chi connectivity index (χ0v) is 14.2. The topological polar surface area (TPSA) is 84.2 Å². The molecule has 6 nitrogen and oxygen atoms in total. The third kappa shape index (κ3) is 4.56. The maximum absolute atomic E-state index is 12.0. The lowest BCUT2D eigenvalue weighted by atomic mass is 9.95. The number of nitrogens with zero attached hydrogens (tertiary/aromatic N) is 1. The molecular formula is C15H25N3O3S. The Morgan fingerprint density at radius 2 is 2.27 bits per heavy atom. The number of urea groups is 1. The van der Waals surface area contributed by atoms with Gasteiger partial charge in [0.25, 0.3) is 0 Å². The predicted molar refractivity (Wildman–Crippen MR) is 87.5 cm³/mol. The van der Waals surface area contributed by atoms with E-state index < -0.39 is 10.8 Å². The van der Waals surface area contributed by atoms with Crippen molar-refractivity contribution in [2.24, 2.45) is 0 Å². The average Bonchev–Trinajstić information content (AvgIpc) is 2.95. The summed E-state index contributed by atoms with van der Waals surface area (Å²) in [6.07, 6.45) is 3.70. The number of anilines is 1. The van der Waals surface area contributed by atoms with E-state index in [-0.39, 0.29) is 23.2 Å². The molecule has 0 unspecified atom stereocenters. The Morgan fingerprint density at radius 3 is 2.91 bits per heavy atom. The SMILES string of the molecule is CC[S@@](=O)[C@@H]1CCC[C@H](NC(=O)Nc2cc(C(C)C)on2)C1. The van der Waals surface area contributed by atoms with Crippen molar-refractivity contribution >= 4 is 22.6 Å². The van der Waals surface area contributed by atoms with Crippen LogP contribution in [0.15, 0.2) is 10.6 Å². The fourth-order valence-corrected chi connectivity index (χ4v) is 4.06. The number of hydrogen-bond donors (Lipinski definition) is 2. The van der Waals surface area contributed by atoms with Crippen LogP contribution in [0.25, 0.3) is 0 Å². The summed E-state index contributed by atoms with van der Waals surface area (Å²) < 4.78 is 17.1. The smallest absolute Gasteiger partial charge is 0.320 e. The van der Waals surface area contributed by atoms with Crippen molar-refractivity contribution in [3.05, 3.63) is 11.8 Å². The van der Waals surface area contributed by atoms with Crippen LogP contribution in [0.5, 0.6) is 0 Å². The fourth-order valence-electron chi connectivity index (χ4n) is 2.71. The normalized spacial score (nSPS) is 23.3. The van der Waals surface area contributed by atoms with Gasteiger partial charge in [-0.25, -0.2) is 4.79 Å². The largest absolute Gasteiger partial charge is 0.359 e. The summed E-state index contributed by atoms with van der Waals surface area (Å²) in [5, 5.41) is 9.67. The highest BCUT2D eigenvalue weighted by Crippen LogP contribution is 2.23.